The molecule has 2 amide bonds. The second-order valence-corrected chi connectivity index (χ2v) is 5.72. The Bertz CT molecular complexity index is 914. The molecule has 0 aliphatic carbocycles. The summed E-state index contributed by atoms with van der Waals surface area (Å²) >= 11 is 0. The summed E-state index contributed by atoms with van der Waals surface area (Å²) in [6, 6.07) is 6.99. The first kappa shape index (κ1) is 18.4. The zero-order valence-corrected chi connectivity index (χ0v) is 13.6. The fraction of sp³-hybridized carbons (Fsp3) is 0.176. The Hall–Kier alpha value is -3.40. The zero-order chi connectivity index (χ0) is 19.7. The van der Waals surface area contributed by atoms with Crippen LogP contribution in [-0.4, -0.2) is 46.0 Å². The number of imide groups is 1. The van der Waals surface area contributed by atoms with E-state index in [1.807, 2.05) is 0 Å². The Morgan fingerprint density at radius 1 is 1.15 bits per heavy atom. The van der Waals surface area contributed by atoms with Crippen LogP contribution in [0.3, 0.4) is 0 Å². The first-order valence-electron chi connectivity index (χ1n) is 7.69. The minimum Gasteiger partial charge on any atom is -0.482 e. The Balaban J connectivity index is 1.70. The number of carbonyl (C=O) groups excluding carboxylic acids is 2. The number of aliphatic hydroxyl groups is 1. The highest BCUT2D eigenvalue weighted by Crippen LogP contribution is 2.31. The van der Waals surface area contributed by atoms with E-state index >= 15 is 0 Å². The van der Waals surface area contributed by atoms with Crippen LogP contribution >= 0.6 is 0 Å². The van der Waals surface area contributed by atoms with Crippen LogP contribution in [0.4, 0.5) is 14.5 Å². The third-order valence-corrected chi connectivity index (χ3v) is 3.88. The predicted octanol–water partition coefficient (Wildman–Crippen LogP) is 1.91. The maximum Gasteiger partial charge on any atom is 0.316 e. The van der Waals surface area contributed by atoms with Crippen LogP contribution in [0.15, 0.2) is 36.4 Å². The first-order valence-corrected chi connectivity index (χ1v) is 7.69. The van der Waals surface area contributed by atoms with Crippen LogP contribution in [-0.2, 0) is 0 Å². The van der Waals surface area contributed by atoms with Crippen molar-refractivity contribution in [3.63, 3.8) is 0 Å². The number of nitro groups is 1. The fourth-order valence-corrected chi connectivity index (χ4v) is 2.67. The summed E-state index contributed by atoms with van der Waals surface area (Å²) < 4.78 is 31.8. The van der Waals surface area contributed by atoms with Crippen molar-refractivity contribution in [2.45, 2.75) is 6.10 Å². The number of halogens is 2. The minimum atomic E-state index is -1.45. The maximum absolute atomic E-state index is 13.8. The van der Waals surface area contributed by atoms with Crippen molar-refractivity contribution >= 4 is 17.5 Å². The van der Waals surface area contributed by atoms with E-state index < -0.39 is 59.1 Å². The number of hydrogen-bond donors (Lipinski definition) is 1. The Labute approximate surface area is 150 Å². The number of nitrogens with zero attached hydrogens (tertiary/aromatic N) is 2. The van der Waals surface area contributed by atoms with E-state index in [9.17, 15) is 33.6 Å². The van der Waals surface area contributed by atoms with E-state index in [0.29, 0.717) is 12.1 Å². The lowest BCUT2D eigenvalue weighted by molar-refractivity contribution is -0.386. The van der Waals surface area contributed by atoms with E-state index in [1.54, 1.807) is 12.1 Å². The zero-order valence-electron chi connectivity index (χ0n) is 13.6. The second-order valence-electron chi connectivity index (χ2n) is 5.72. The van der Waals surface area contributed by atoms with Gasteiger partial charge in [0.15, 0.2) is 5.82 Å². The summed E-state index contributed by atoms with van der Waals surface area (Å²) in [6.45, 7) is -1.11. The fourth-order valence-electron chi connectivity index (χ4n) is 2.67. The summed E-state index contributed by atoms with van der Waals surface area (Å²) in [5.41, 5.74) is -0.563. The molecular weight excluding hydrogens is 366 g/mol. The van der Waals surface area contributed by atoms with Gasteiger partial charge in [0.1, 0.15) is 18.5 Å². The van der Waals surface area contributed by atoms with E-state index in [0.717, 1.165) is 4.90 Å². The number of nitro benzene ring substituents is 1. The molecule has 0 spiro atoms. The van der Waals surface area contributed by atoms with Gasteiger partial charge in [0, 0.05) is 6.07 Å². The van der Waals surface area contributed by atoms with Crippen LogP contribution in [0.2, 0.25) is 0 Å². The van der Waals surface area contributed by atoms with Crippen molar-refractivity contribution in [1.82, 2.24) is 4.90 Å². The van der Waals surface area contributed by atoms with Crippen LogP contribution in [0.25, 0.3) is 0 Å². The smallest absolute Gasteiger partial charge is 0.316 e. The van der Waals surface area contributed by atoms with Crippen molar-refractivity contribution in [3.8, 4) is 5.75 Å². The highest BCUT2D eigenvalue weighted by molar-refractivity contribution is 6.21. The average molecular weight is 378 g/mol. The average Bonchev–Trinajstić information content (AvgIpc) is 2.85. The molecule has 0 fully saturated rings. The van der Waals surface area contributed by atoms with E-state index in [1.165, 1.54) is 12.1 Å². The molecule has 0 radical (unpaired) electrons. The number of amides is 2. The van der Waals surface area contributed by atoms with Crippen molar-refractivity contribution in [2.75, 3.05) is 13.2 Å². The van der Waals surface area contributed by atoms with Gasteiger partial charge < -0.3 is 9.84 Å². The van der Waals surface area contributed by atoms with Crippen molar-refractivity contribution in [2.24, 2.45) is 0 Å². The van der Waals surface area contributed by atoms with Crippen molar-refractivity contribution < 1.29 is 33.1 Å². The topological polar surface area (TPSA) is 110 Å². The largest absolute Gasteiger partial charge is 0.482 e. The molecule has 0 bridgehead atoms. The lowest BCUT2D eigenvalue weighted by Crippen LogP contribution is -2.39. The van der Waals surface area contributed by atoms with Gasteiger partial charge in [0.25, 0.3) is 11.8 Å². The summed E-state index contributed by atoms with van der Waals surface area (Å²) in [4.78, 5) is 35.1. The third-order valence-electron chi connectivity index (χ3n) is 3.88. The number of β-amino-alcohol motifs (C(OH)–C–C–N with tert-alkyl or cyclic N) is 1. The highest BCUT2D eigenvalue weighted by Gasteiger charge is 2.36. The molecule has 0 aromatic heterocycles. The molecule has 1 unspecified atom stereocenters. The molecule has 3 rings (SSSR count). The first-order chi connectivity index (χ1) is 12.8. The van der Waals surface area contributed by atoms with Gasteiger partial charge in [0.2, 0.25) is 5.75 Å². The molecule has 1 N–H and O–H groups in total. The van der Waals surface area contributed by atoms with E-state index in [4.69, 9.17) is 4.74 Å². The molecule has 8 nitrogen and oxygen atoms in total. The summed E-state index contributed by atoms with van der Waals surface area (Å²) in [5, 5.41) is 20.9. The molecule has 1 aliphatic heterocycles. The number of benzene rings is 2. The maximum atomic E-state index is 13.8. The summed E-state index contributed by atoms with van der Waals surface area (Å²) in [5.74, 6) is -4.52. The van der Waals surface area contributed by atoms with Gasteiger partial charge in [-0.15, -0.1) is 0 Å². The molecule has 140 valence electrons. The Morgan fingerprint density at radius 3 is 2.30 bits per heavy atom. The third kappa shape index (κ3) is 3.47. The van der Waals surface area contributed by atoms with E-state index in [2.05, 4.69) is 0 Å². The lowest BCUT2D eigenvalue weighted by Gasteiger charge is -2.19. The minimum absolute atomic E-state index is 0.191. The van der Waals surface area contributed by atoms with Crippen LogP contribution in [0.1, 0.15) is 20.7 Å². The normalized spacial score (nSPS) is 14.3. The second kappa shape index (κ2) is 7.08. The molecule has 27 heavy (non-hydrogen) atoms. The number of carbonyl (C=O) groups is 2. The van der Waals surface area contributed by atoms with Crippen molar-refractivity contribution in [1.29, 1.82) is 0 Å². The molecular formula is C17H12F2N2O6. The highest BCUT2D eigenvalue weighted by atomic mass is 19.1. The summed E-state index contributed by atoms with van der Waals surface area (Å²) in [6.07, 6.45) is -1.45. The molecule has 1 aliphatic rings. The van der Waals surface area contributed by atoms with Gasteiger partial charge in [-0.2, -0.15) is 0 Å². The van der Waals surface area contributed by atoms with Crippen molar-refractivity contribution in [3.05, 3.63) is 69.3 Å². The number of aliphatic hydroxyl groups excluding tert-OH is 1. The quantitative estimate of drug-likeness (QED) is 0.467. The van der Waals surface area contributed by atoms with Gasteiger partial charge in [-0.3, -0.25) is 24.6 Å². The van der Waals surface area contributed by atoms with Crippen LogP contribution < -0.4 is 4.74 Å². The Morgan fingerprint density at radius 2 is 1.74 bits per heavy atom. The molecule has 2 aromatic rings. The molecule has 1 heterocycles. The molecule has 0 saturated carbocycles. The molecule has 0 saturated heterocycles. The van der Waals surface area contributed by atoms with Gasteiger partial charge in [0.05, 0.1) is 28.7 Å². The summed E-state index contributed by atoms with van der Waals surface area (Å²) in [7, 11) is 0. The van der Waals surface area contributed by atoms with Crippen LogP contribution in [0, 0.1) is 21.7 Å². The number of rotatable bonds is 6. The number of ether oxygens (including phenoxy) is 1. The van der Waals surface area contributed by atoms with Gasteiger partial charge >= 0.3 is 5.69 Å². The van der Waals surface area contributed by atoms with E-state index in [-0.39, 0.29) is 11.1 Å². The van der Waals surface area contributed by atoms with Crippen LogP contribution in [0.5, 0.6) is 5.75 Å². The van der Waals surface area contributed by atoms with Gasteiger partial charge in [-0.05, 0) is 12.1 Å². The monoisotopic (exact) mass is 378 g/mol. The van der Waals surface area contributed by atoms with Gasteiger partial charge in [-0.1, -0.05) is 12.1 Å². The standard InChI is InChI=1S/C17H12F2N2O6/c18-9-5-13(19)15(14(6-9)21(25)26)27-8-10(22)7-20-16(23)11-3-1-2-4-12(11)17(20)24/h1-6,10,22H,7-8H2. The molecule has 2 aromatic carbocycles. The Kier molecular flexibility index (Phi) is 4.82. The predicted molar refractivity (Wildman–Crippen MR) is 86.3 cm³/mol. The van der Waals surface area contributed by atoms with Gasteiger partial charge in [-0.25, -0.2) is 8.78 Å². The molecule has 10 heteroatoms. The lowest BCUT2D eigenvalue weighted by atomic mass is 10.1. The molecule has 1 atom stereocenters. The number of fused-ring (bicyclic) bond motifs is 1. The number of hydrogen-bond acceptors (Lipinski definition) is 6. The SMILES string of the molecule is O=C1c2ccccc2C(=O)N1CC(O)COc1c(F)cc(F)cc1[N+](=O)[O-].